The zero-order chi connectivity index (χ0) is 19.5. The van der Waals surface area contributed by atoms with Crippen LogP contribution in [0.2, 0.25) is 0 Å². The van der Waals surface area contributed by atoms with Crippen LogP contribution in [0.3, 0.4) is 0 Å². The maximum Gasteiger partial charge on any atom is 0.233 e. The summed E-state index contributed by atoms with van der Waals surface area (Å²) in [5, 5.41) is 2.73. The molecule has 8 nitrogen and oxygen atoms in total. The molecule has 3 aliphatic rings. The Kier molecular flexibility index (Phi) is 5.38. The largest absolute Gasteiger partial charge is 0.378 e. The Balaban J connectivity index is 1.29. The number of nitrogens with zero attached hydrogens (tertiary/aromatic N) is 3. The Labute approximate surface area is 163 Å². The topological polar surface area (TPSA) is 91.8 Å². The second-order valence-electron chi connectivity index (χ2n) is 7.28. The maximum absolute atomic E-state index is 12.4. The van der Waals surface area contributed by atoms with Gasteiger partial charge in [0.2, 0.25) is 17.7 Å². The molecule has 148 valence electrons. The fourth-order valence-electron chi connectivity index (χ4n) is 3.98. The molecular formula is C20H24N4O4. The van der Waals surface area contributed by atoms with E-state index in [1.807, 2.05) is 18.2 Å². The van der Waals surface area contributed by atoms with Crippen LogP contribution in [0, 0.1) is 11.8 Å². The summed E-state index contributed by atoms with van der Waals surface area (Å²) in [6.45, 7) is 3.16. The fraction of sp³-hybridized carbons (Fsp3) is 0.500. The van der Waals surface area contributed by atoms with Crippen LogP contribution in [0.4, 0.5) is 11.5 Å². The van der Waals surface area contributed by atoms with Gasteiger partial charge in [-0.15, -0.1) is 0 Å². The van der Waals surface area contributed by atoms with E-state index in [-0.39, 0.29) is 42.5 Å². The number of allylic oxidation sites excluding steroid dienone is 2. The number of hydrogen-bond acceptors (Lipinski definition) is 6. The number of morpholine rings is 1. The molecule has 1 aromatic heterocycles. The first kappa shape index (κ1) is 18.6. The summed E-state index contributed by atoms with van der Waals surface area (Å²) < 4.78 is 5.34. The van der Waals surface area contributed by atoms with Gasteiger partial charge >= 0.3 is 0 Å². The first-order valence-corrected chi connectivity index (χ1v) is 9.72. The predicted molar refractivity (Wildman–Crippen MR) is 103 cm³/mol. The number of likely N-dealkylation sites (tertiary alicyclic amines) is 1. The molecule has 2 atom stereocenters. The van der Waals surface area contributed by atoms with Crippen LogP contribution in [0.15, 0.2) is 30.5 Å². The Hall–Kier alpha value is -2.74. The number of aromatic nitrogens is 1. The maximum atomic E-state index is 12.4. The minimum absolute atomic E-state index is 0.0667. The van der Waals surface area contributed by atoms with Crippen molar-refractivity contribution in [2.45, 2.75) is 19.3 Å². The van der Waals surface area contributed by atoms with E-state index >= 15 is 0 Å². The lowest BCUT2D eigenvalue weighted by Crippen LogP contribution is -2.36. The summed E-state index contributed by atoms with van der Waals surface area (Å²) in [4.78, 5) is 44.8. The highest BCUT2D eigenvalue weighted by molar-refractivity contribution is 6.05. The number of anilines is 2. The van der Waals surface area contributed by atoms with Crippen molar-refractivity contribution in [1.82, 2.24) is 9.88 Å². The van der Waals surface area contributed by atoms with Gasteiger partial charge in [-0.2, -0.15) is 0 Å². The lowest BCUT2D eigenvalue weighted by Gasteiger charge is -2.28. The third-order valence-electron chi connectivity index (χ3n) is 5.55. The molecule has 0 unspecified atom stereocenters. The van der Waals surface area contributed by atoms with Gasteiger partial charge in [0.05, 0.1) is 36.9 Å². The summed E-state index contributed by atoms with van der Waals surface area (Å²) in [7, 11) is 0. The standard InChI is InChI=1S/C20H24N4O4/c25-18(7-8-24-19(26)15-3-1-2-4-16(15)20(24)27)22-17-6-5-14(13-21-17)23-9-11-28-12-10-23/h1-2,5-6,13,15-16H,3-4,7-12H2,(H,21,22,25)/t15-,16-/m1/s1. The molecule has 0 bridgehead atoms. The molecule has 3 heterocycles. The summed E-state index contributed by atoms with van der Waals surface area (Å²) in [5.41, 5.74) is 0.991. The van der Waals surface area contributed by atoms with E-state index in [1.165, 1.54) is 4.90 Å². The SMILES string of the molecule is O=C(CCN1C(=O)[C@@H]2CC=CC[C@H]2C1=O)Nc1ccc(N2CCOCC2)cn1. The first-order valence-electron chi connectivity index (χ1n) is 9.72. The Morgan fingerprint density at radius 1 is 1.11 bits per heavy atom. The highest BCUT2D eigenvalue weighted by Gasteiger charge is 2.46. The Morgan fingerprint density at radius 2 is 1.79 bits per heavy atom. The summed E-state index contributed by atoms with van der Waals surface area (Å²) in [6, 6.07) is 3.67. The molecule has 0 saturated carbocycles. The highest BCUT2D eigenvalue weighted by Crippen LogP contribution is 2.35. The quantitative estimate of drug-likeness (QED) is 0.606. The van der Waals surface area contributed by atoms with Crippen LogP contribution in [0.1, 0.15) is 19.3 Å². The van der Waals surface area contributed by atoms with E-state index in [0.717, 1.165) is 18.8 Å². The van der Waals surface area contributed by atoms with Gasteiger partial charge in [-0.25, -0.2) is 4.98 Å². The van der Waals surface area contributed by atoms with Crippen LogP contribution in [0.25, 0.3) is 0 Å². The number of amides is 3. The van der Waals surface area contributed by atoms with Crippen LogP contribution in [-0.2, 0) is 19.1 Å². The van der Waals surface area contributed by atoms with Crippen molar-refractivity contribution in [2.24, 2.45) is 11.8 Å². The zero-order valence-corrected chi connectivity index (χ0v) is 15.7. The average Bonchev–Trinajstić information content (AvgIpc) is 2.98. The summed E-state index contributed by atoms with van der Waals surface area (Å²) in [5.74, 6) is -0.621. The van der Waals surface area contributed by atoms with Gasteiger partial charge < -0.3 is 15.0 Å². The van der Waals surface area contributed by atoms with E-state index in [9.17, 15) is 14.4 Å². The van der Waals surface area contributed by atoms with E-state index < -0.39 is 0 Å². The van der Waals surface area contributed by atoms with Crippen molar-refractivity contribution < 1.29 is 19.1 Å². The van der Waals surface area contributed by atoms with E-state index in [4.69, 9.17) is 4.74 Å². The lowest BCUT2D eigenvalue weighted by atomic mass is 9.85. The number of carbonyl (C=O) groups is 3. The molecule has 0 aromatic carbocycles. The van der Waals surface area contributed by atoms with Gasteiger partial charge in [-0.1, -0.05) is 12.2 Å². The Morgan fingerprint density at radius 3 is 2.39 bits per heavy atom. The minimum atomic E-state index is -0.264. The number of nitrogens with one attached hydrogen (secondary N) is 1. The predicted octanol–water partition coefficient (Wildman–Crippen LogP) is 1.20. The van der Waals surface area contributed by atoms with Gasteiger partial charge in [0.25, 0.3) is 0 Å². The molecule has 4 rings (SSSR count). The smallest absolute Gasteiger partial charge is 0.233 e. The van der Waals surface area contributed by atoms with Crippen molar-refractivity contribution >= 4 is 29.2 Å². The zero-order valence-electron chi connectivity index (χ0n) is 15.7. The molecule has 2 fully saturated rings. The molecule has 3 amide bonds. The van der Waals surface area contributed by atoms with Crippen LogP contribution >= 0.6 is 0 Å². The van der Waals surface area contributed by atoms with Gasteiger partial charge in [0.1, 0.15) is 5.82 Å². The lowest BCUT2D eigenvalue weighted by molar-refractivity contribution is -0.140. The number of hydrogen-bond donors (Lipinski definition) is 1. The second kappa shape index (κ2) is 8.10. The number of fused-ring (bicyclic) bond motifs is 1. The monoisotopic (exact) mass is 384 g/mol. The number of carbonyl (C=O) groups excluding carboxylic acids is 3. The molecule has 1 aliphatic carbocycles. The van der Waals surface area contributed by atoms with Crippen LogP contribution in [0.5, 0.6) is 0 Å². The highest BCUT2D eigenvalue weighted by atomic mass is 16.5. The third-order valence-corrected chi connectivity index (χ3v) is 5.55. The molecule has 0 spiro atoms. The van der Waals surface area contributed by atoms with Crippen molar-refractivity contribution in [1.29, 1.82) is 0 Å². The molecule has 2 saturated heterocycles. The third kappa shape index (κ3) is 3.77. The molecule has 28 heavy (non-hydrogen) atoms. The minimum Gasteiger partial charge on any atom is -0.378 e. The van der Waals surface area contributed by atoms with Crippen LogP contribution in [-0.4, -0.2) is 60.5 Å². The van der Waals surface area contributed by atoms with Gasteiger partial charge in [0.15, 0.2) is 0 Å². The number of imide groups is 1. The number of rotatable bonds is 5. The summed E-state index contributed by atoms with van der Waals surface area (Å²) in [6.07, 6.45) is 6.92. The van der Waals surface area contributed by atoms with Gasteiger partial charge in [0, 0.05) is 26.1 Å². The molecule has 1 N–H and O–H groups in total. The summed E-state index contributed by atoms with van der Waals surface area (Å²) >= 11 is 0. The fourth-order valence-corrected chi connectivity index (χ4v) is 3.98. The van der Waals surface area contributed by atoms with Crippen molar-refractivity contribution in [3.8, 4) is 0 Å². The van der Waals surface area contributed by atoms with E-state index in [0.29, 0.717) is 31.9 Å². The van der Waals surface area contributed by atoms with E-state index in [1.54, 1.807) is 12.3 Å². The molecule has 1 aromatic rings. The molecule has 2 aliphatic heterocycles. The molecular weight excluding hydrogens is 360 g/mol. The average molecular weight is 384 g/mol. The van der Waals surface area contributed by atoms with Crippen molar-refractivity contribution in [3.63, 3.8) is 0 Å². The van der Waals surface area contributed by atoms with E-state index in [2.05, 4.69) is 15.2 Å². The number of pyridine rings is 1. The first-order chi connectivity index (χ1) is 13.6. The normalized spacial score (nSPS) is 24.4. The molecule has 8 heteroatoms. The van der Waals surface area contributed by atoms with Crippen LogP contribution < -0.4 is 10.2 Å². The molecule has 0 radical (unpaired) electrons. The van der Waals surface area contributed by atoms with Gasteiger partial charge in [-0.3, -0.25) is 19.3 Å². The van der Waals surface area contributed by atoms with Crippen molar-refractivity contribution in [3.05, 3.63) is 30.5 Å². The van der Waals surface area contributed by atoms with Gasteiger partial charge in [-0.05, 0) is 25.0 Å². The second-order valence-corrected chi connectivity index (χ2v) is 7.28. The number of ether oxygens (including phenoxy) is 1. The Bertz CT molecular complexity index is 760. The van der Waals surface area contributed by atoms with Crippen molar-refractivity contribution in [2.75, 3.05) is 43.1 Å².